The molecule has 0 aliphatic carbocycles. The summed E-state index contributed by atoms with van der Waals surface area (Å²) < 4.78 is 14.7. The van der Waals surface area contributed by atoms with Gasteiger partial charge in [0.15, 0.2) is 5.75 Å². The van der Waals surface area contributed by atoms with Crippen molar-refractivity contribution < 1.29 is 14.3 Å². The standard InChI is InChI=1S/C23H24N4O5/c1-13-7-20(28)21(29)11-26(13)9-14(2)27-10-17(24-25-27)12-31-18-5-6-19-15(3)16(4)23(30)32-22(19)8-18/h5-8,10-11,14,29H,9,12H2,1-4H3. The van der Waals surface area contributed by atoms with Crippen molar-refractivity contribution in [2.24, 2.45) is 0 Å². The van der Waals surface area contributed by atoms with Gasteiger partial charge in [0.1, 0.15) is 23.6 Å². The van der Waals surface area contributed by atoms with Crippen molar-refractivity contribution in [1.82, 2.24) is 19.6 Å². The van der Waals surface area contributed by atoms with Gasteiger partial charge in [0.05, 0.1) is 18.4 Å². The van der Waals surface area contributed by atoms with Gasteiger partial charge in [-0.25, -0.2) is 9.48 Å². The highest BCUT2D eigenvalue weighted by atomic mass is 16.5. The van der Waals surface area contributed by atoms with Crippen molar-refractivity contribution in [2.45, 2.75) is 46.9 Å². The molecule has 0 spiro atoms. The van der Waals surface area contributed by atoms with Crippen LogP contribution in [-0.2, 0) is 13.2 Å². The Morgan fingerprint density at radius 2 is 1.91 bits per heavy atom. The van der Waals surface area contributed by atoms with Crippen molar-refractivity contribution >= 4 is 11.0 Å². The van der Waals surface area contributed by atoms with E-state index in [4.69, 9.17) is 9.15 Å². The molecular weight excluding hydrogens is 412 g/mol. The maximum Gasteiger partial charge on any atom is 0.339 e. The first-order valence-corrected chi connectivity index (χ1v) is 10.2. The van der Waals surface area contributed by atoms with Crippen molar-refractivity contribution in [2.75, 3.05) is 0 Å². The first-order valence-electron chi connectivity index (χ1n) is 10.2. The van der Waals surface area contributed by atoms with Gasteiger partial charge in [-0.15, -0.1) is 5.10 Å². The summed E-state index contributed by atoms with van der Waals surface area (Å²) >= 11 is 0. The highest BCUT2D eigenvalue weighted by Crippen LogP contribution is 2.24. The number of fused-ring (bicyclic) bond motifs is 1. The summed E-state index contributed by atoms with van der Waals surface area (Å²) in [7, 11) is 0. The molecular formula is C23H24N4O5. The molecule has 0 fully saturated rings. The van der Waals surface area contributed by atoms with Gasteiger partial charge >= 0.3 is 5.63 Å². The van der Waals surface area contributed by atoms with Gasteiger partial charge in [0.25, 0.3) is 0 Å². The Morgan fingerprint density at radius 3 is 2.69 bits per heavy atom. The number of hydrogen-bond donors (Lipinski definition) is 1. The maximum absolute atomic E-state index is 11.9. The first kappa shape index (κ1) is 21.4. The molecule has 1 N–H and O–H groups in total. The van der Waals surface area contributed by atoms with Crippen LogP contribution < -0.4 is 15.8 Å². The molecule has 0 aliphatic heterocycles. The average Bonchev–Trinajstić information content (AvgIpc) is 3.23. The van der Waals surface area contributed by atoms with E-state index in [0.717, 1.165) is 16.6 Å². The zero-order valence-electron chi connectivity index (χ0n) is 18.3. The van der Waals surface area contributed by atoms with E-state index >= 15 is 0 Å². The molecule has 9 heteroatoms. The van der Waals surface area contributed by atoms with E-state index in [2.05, 4.69) is 10.3 Å². The first-order chi connectivity index (χ1) is 15.2. The van der Waals surface area contributed by atoms with Gasteiger partial charge in [-0.3, -0.25) is 4.79 Å². The Labute approximate surface area is 183 Å². The number of benzene rings is 1. The van der Waals surface area contributed by atoms with Crippen LogP contribution in [0.15, 0.2) is 50.7 Å². The van der Waals surface area contributed by atoms with Crippen LogP contribution in [0.3, 0.4) is 0 Å². The van der Waals surface area contributed by atoms with E-state index < -0.39 is 5.43 Å². The summed E-state index contributed by atoms with van der Waals surface area (Å²) in [6.07, 6.45) is 3.22. The molecule has 0 aliphatic rings. The van der Waals surface area contributed by atoms with E-state index in [-0.39, 0.29) is 24.0 Å². The Bertz CT molecular complexity index is 1420. The van der Waals surface area contributed by atoms with E-state index in [1.54, 1.807) is 28.4 Å². The number of pyridine rings is 1. The minimum absolute atomic E-state index is 0.0713. The Kier molecular flexibility index (Phi) is 5.56. The van der Waals surface area contributed by atoms with Gasteiger partial charge in [0.2, 0.25) is 5.43 Å². The zero-order valence-corrected chi connectivity index (χ0v) is 18.3. The molecule has 166 valence electrons. The second kappa shape index (κ2) is 8.33. The van der Waals surface area contributed by atoms with Crippen molar-refractivity contribution in [3.05, 3.63) is 79.8 Å². The lowest BCUT2D eigenvalue weighted by Crippen LogP contribution is -2.17. The minimum Gasteiger partial charge on any atom is -0.503 e. The average molecular weight is 436 g/mol. The van der Waals surface area contributed by atoms with Crippen molar-refractivity contribution in [3.63, 3.8) is 0 Å². The van der Waals surface area contributed by atoms with E-state index in [9.17, 15) is 14.7 Å². The van der Waals surface area contributed by atoms with Crippen LogP contribution in [0.2, 0.25) is 0 Å². The second-order valence-corrected chi connectivity index (χ2v) is 7.94. The molecule has 1 unspecified atom stereocenters. The van der Waals surface area contributed by atoms with Crippen molar-refractivity contribution in [1.29, 1.82) is 0 Å². The molecule has 1 atom stereocenters. The maximum atomic E-state index is 11.9. The molecule has 0 bridgehead atoms. The number of aryl methyl sites for hydroxylation is 2. The summed E-state index contributed by atoms with van der Waals surface area (Å²) in [5, 5.41) is 18.9. The van der Waals surface area contributed by atoms with Crippen LogP contribution >= 0.6 is 0 Å². The molecule has 4 aromatic rings. The molecule has 3 heterocycles. The lowest BCUT2D eigenvalue weighted by atomic mass is 10.1. The third-order valence-electron chi connectivity index (χ3n) is 5.61. The topological polar surface area (TPSA) is 112 Å². The fourth-order valence-electron chi connectivity index (χ4n) is 3.50. The lowest BCUT2D eigenvalue weighted by Gasteiger charge is -2.16. The summed E-state index contributed by atoms with van der Waals surface area (Å²) in [4.78, 5) is 23.5. The highest BCUT2D eigenvalue weighted by molar-refractivity contribution is 5.82. The fraction of sp³-hybridized carbons (Fsp3) is 0.304. The SMILES string of the molecule is Cc1c(C)c2ccc(OCc3cn(C(C)Cn4cc(O)c(=O)cc4C)nn3)cc2oc1=O. The van der Waals surface area contributed by atoms with Gasteiger partial charge in [-0.2, -0.15) is 0 Å². The molecule has 1 aromatic carbocycles. The van der Waals surface area contributed by atoms with Crippen LogP contribution in [-0.4, -0.2) is 24.7 Å². The quantitative estimate of drug-likeness (QED) is 0.462. The molecule has 32 heavy (non-hydrogen) atoms. The van der Waals surface area contributed by atoms with Gasteiger partial charge in [-0.05, 0) is 45.4 Å². The Hall–Kier alpha value is -3.88. The van der Waals surface area contributed by atoms with E-state index in [1.807, 2.05) is 32.9 Å². The van der Waals surface area contributed by atoms with E-state index in [0.29, 0.717) is 29.1 Å². The summed E-state index contributed by atoms with van der Waals surface area (Å²) in [6, 6.07) is 6.72. The lowest BCUT2D eigenvalue weighted by molar-refractivity contribution is 0.301. The third kappa shape index (κ3) is 4.14. The number of ether oxygens (including phenoxy) is 1. The van der Waals surface area contributed by atoms with Crippen LogP contribution in [0.4, 0.5) is 0 Å². The minimum atomic E-state index is -0.398. The Morgan fingerprint density at radius 1 is 1.12 bits per heavy atom. The van der Waals surface area contributed by atoms with Crippen LogP contribution in [0.1, 0.15) is 35.5 Å². The third-order valence-corrected chi connectivity index (χ3v) is 5.61. The summed E-state index contributed by atoms with van der Waals surface area (Å²) in [5.41, 5.74) is 2.61. The smallest absolute Gasteiger partial charge is 0.339 e. The zero-order chi connectivity index (χ0) is 23.0. The number of aromatic nitrogens is 4. The molecule has 9 nitrogen and oxygen atoms in total. The molecule has 4 rings (SSSR count). The van der Waals surface area contributed by atoms with Gasteiger partial charge in [0, 0.05) is 35.3 Å². The van der Waals surface area contributed by atoms with Crippen LogP contribution in [0, 0.1) is 20.8 Å². The van der Waals surface area contributed by atoms with Gasteiger partial charge < -0.3 is 18.8 Å². The molecule has 0 radical (unpaired) electrons. The normalized spacial score (nSPS) is 12.2. The number of rotatable bonds is 6. The Balaban J connectivity index is 1.45. The molecule has 3 aromatic heterocycles. The van der Waals surface area contributed by atoms with Crippen molar-refractivity contribution in [3.8, 4) is 11.5 Å². The highest BCUT2D eigenvalue weighted by Gasteiger charge is 2.12. The second-order valence-electron chi connectivity index (χ2n) is 7.94. The van der Waals surface area contributed by atoms with Gasteiger partial charge in [-0.1, -0.05) is 5.21 Å². The molecule has 0 saturated heterocycles. The molecule has 0 amide bonds. The number of nitrogens with zero attached hydrogens (tertiary/aromatic N) is 4. The number of hydrogen-bond acceptors (Lipinski definition) is 7. The largest absolute Gasteiger partial charge is 0.503 e. The van der Waals surface area contributed by atoms with E-state index in [1.165, 1.54) is 12.3 Å². The summed E-state index contributed by atoms with van der Waals surface area (Å²) in [6.45, 7) is 8.12. The van der Waals surface area contributed by atoms with Crippen LogP contribution in [0.5, 0.6) is 11.5 Å². The van der Waals surface area contributed by atoms with Crippen LogP contribution in [0.25, 0.3) is 11.0 Å². The summed E-state index contributed by atoms with van der Waals surface area (Å²) in [5.74, 6) is 0.276. The predicted octanol–water partition coefficient (Wildman–Crippen LogP) is 3.02. The fourth-order valence-corrected chi connectivity index (χ4v) is 3.50. The molecule has 0 saturated carbocycles. The predicted molar refractivity (Wildman–Crippen MR) is 118 cm³/mol. The number of aromatic hydroxyl groups is 1. The monoisotopic (exact) mass is 436 g/mol.